The predicted octanol–water partition coefficient (Wildman–Crippen LogP) is 2.46. The summed E-state index contributed by atoms with van der Waals surface area (Å²) in [5.41, 5.74) is 3.37. The molecule has 0 aromatic heterocycles. The number of nitrogens with one attached hydrogen (secondary N) is 1. The largest absolute Gasteiger partial charge is 0.353 e. The molecule has 130 valence electrons. The molecular weight excluding hydrogens is 312 g/mol. The molecule has 1 rings (SSSR count). The standard InChI is InChI=1S/C17H28N2O3S/c1-8-19(10-16(20)18-11(2)3)23(21,22)17-14(6)12(4)9-13(5)15(17)7/h9,11H,8,10H2,1-7H3,(H,18,20). The van der Waals surface area contributed by atoms with Crippen molar-refractivity contribution in [2.75, 3.05) is 13.1 Å². The molecule has 0 unspecified atom stereocenters. The van der Waals surface area contributed by atoms with E-state index >= 15 is 0 Å². The van der Waals surface area contributed by atoms with Gasteiger partial charge in [0.15, 0.2) is 0 Å². The van der Waals surface area contributed by atoms with Gasteiger partial charge in [0.25, 0.3) is 0 Å². The van der Waals surface area contributed by atoms with Crippen LogP contribution in [0.5, 0.6) is 0 Å². The highest BCUT2D eigenvalue weighted by Crippen LogP contribution is 2.28. The van der Waals surface area contributed by atoms with Gasteiger partial charge in [0, 0.05) is 12.6 Å². The van der Waals surface area contributed by atoms with Crippen LogP contribution in [0.3, 0.4) is 0 Å². The number of hydrogen-bond donors (Lipinski definition) is 1. The molecule has 0 atom stereocenters. The molecule has 0 bridgehead atoms. The molecule has 23 heavy (non-hydrogen) atoms. The second-order valence-corrected chi connectivity index (χ2v) is 8.12. The molecule has 0 aliphatic carbocycles. The number of amides is 1. The first-order valence-corrected chi connectivity index (χ1v) is 9.33. The topological polar surface area (TPSA) is 66.5 Å². The van der Waals surface area contributed by atoms with E-state index in [0.717, 1.165) is 22.3 Å². The van der Waals surface area contributed by atoms with E-state index in [0.29, 0.717) is 4.90 Å². The Balaban J connectivity index is 3.32. The van der Waals surface area contributed by atoms with Gasteiger partial charge < -0.3 is 5.32 Å². The highest BCUT2D eigenvalue weighted by molar-refractivity contribution is 7.89. The van der Waals surface area contributed by atoms with Crippen LogP contribution < -0.4 is 5.32 Å². The van der Waals surface area contributed by atoms with Crippen LogP contribution in [0.1, 0.15) is 43.0 Å². The van der Waals surface area contributed by atoms with E-state index < -0.39 is 10.0 Å². The van der Waals surface area contributed by atoms with Crippen molar-refractivity contribution < 1.29 is 13.2 Å². The first-order chi connectivity index (χ1) is 10.5. The van der Waals surface area contributed by atoms with Gasteiger partial charge in [-0.3, -0.25) is 4.79 Å². The van der Waals surface area contributed by atoms with Crippen LogP contribution in [-0.2, 0) is 14.8 Å². The smallest absolute Gasteiger partial charge is 0.244 e. The lowest BCUT2D eigenvalue weighted by Gasteiger charge is -2.24. The maximum Gasteiger partial charge on any atom is 0.244 e. The summed E-state index contributed by atoms with van der Waals surface area (Å²) in [4.78, 5) is 12.3. The van der Waals surface area contributed by atoms with Crippen LogP contribution in [0, 0.1) is 27.7 Å². The fraction of sp³-hybridized carbons (Fsp3) is 0.588. The monoisotopic (exact) mass is 340 g/mol. The molecule has 6 heteroatoms. The molecule has 0 spiro atoms. The van der Waals surface area contributed by atoms with Gasteiger partial charge in [-0.2, -0.15) is 4.31 Å². The summed E-state index contributed by atoms with van der Waals surface area (Å²) in [5, 5.41) is 2.74. The Morgan fingerprint density at radius 2 is 1.61 bits per heavy atom. The van der Waals surface area contributed by atoms with Crippen LogP contribution >= 0.6 is 0 Å². The first-order valence-electron chi connectivity index (χ1n) is 7.89. The molecule has 0 radical (unpaired) electrons. The molecule has 1 aromatic rings. The average Bonchev–Trinajstić information content (AvgIpc) is 2.41. The zero-order chi connectivity index (χ0) is 17.9. The van der Waals surface area contributed by atoms with E-state index in [9.17, 15) is 13.2 Å². The minimum absolute atomic E-state index is 0.0198. The number of rotatable bonds is 6. The zero-order valence-electron chi connectivity index (χ0n) is 15.1. The number of aryl methyl sites for hydroxylation is 2. The third-order valence-electron chi connectivity index (χ3n) is 4.02. The van der Waals surface area contributed by atoms with Gasteiger partial charge in [0.2, 0.25) is 15.9 Å². The molecule has 0 aliphatic heterocycles. The van der Waals surface area contributed by atoms with E-state index in [-0.39, 0.29) is 25.0 Å². The second-order valence-electron chi connectivity index (χ2n) is 6.24. The molecule has 1 amide bonds. The van der Waals surface area contributed by atoms with Gasteiger partial charge in [0.1, 0.15) is 0 Å². The van der Waals surface area contributed by atoms with E-state index in [4.69, 9.17) is 0 Å². The Morgan fingerprint density at radius 1 is 1.13 bits per heavy atom. The van der Waals surface area contributed by atoms with Gasteiger partial charge in [-0.15, -0.1) is 0 Å². The van der Waals surface area contributed by atoms with Crippen molar-refractivity contribution in [3.8, 4) is 0 Å². The molecule has 1 N–H and O–H groups in total. The predicted molar refractivity (Wildman–Crippen MR) is 93.1 cm³/mol. The lowest BCUT2D eigenvalue weighted by Crippen LogP contribution is -2.43. The zero-order valence-corrected chi connectivity index (χ0v) is 16.0. The summed E-state index contributed by atoms with van der Waals surface area (Å²) in [6.07, 6.45) is 0. The molecule has 0 aliphatic rings. The minimum atomic E-state index is -3.72. The van der Waals surface area contributed by atoms with Gasteiger partial charge in [-0.1, -0.05) is 13.0 Å². The SMILES string of the molecule is CCN(CC(=O)NC(C)C)S(=O)(=O)c1c(C)c(C)cc(C)c1C. The Hall–Kier alpha value is -1.40. The van der Waals surface area contributed by atoms with Crippen molar-refractivity contribution in [2.45, 2.75) is 59.4 Å². The lowest BCUT2D eigenvalue weighted by molar-refractivity contribution is -0.121. The quantitative estimate of drug-likeness (QED) is 0.865. The fourth-order valence-electron chi connectivity index (χ4n) is 2.59. The number of sulfonamides is 1. The summed E-state index contributed by atoms with van der Waals surface area (Å²) >= 11 is 0. The summed E-state index contributed by atoms with van der Waals surface area (Å²) in [6, 6.07) is 1.97. The van der Waals surface area contributed by atoms with Crippen LogP contribution in [0.4, 0.5) is 0 Å². The molecule has 0 heterocycles. The lowest BCUT2D eigenvalue weighted by atomic mass is 10.0. The summed E-state index contributed by atoms with van der Waals surface area (Å²) in [6.45, 7) is 13.0. The number of likely N-dealkylation sites (N-methyl/N-ethyl adjacent to an activating group) is 1. The molecule has 5 nitrogen and oxygen atoms in total. The van der Waals surface area contributed by atoms with Crippen molar-refractivity contribution in [2.24, 2.45) is 0 Å². The van der Waals surface area contributed by atoms with Crippen molar-refractivity contribution >= 4 is 15.9 Å². The fourth-order valence-corrected chi connectivity index (χ4v) is 4.57. The summed E-state index contributed by atoms with van der Waals surface area (Å²) < 4.78 is 27.4. The Labute approximate surface area is 140 Å². The van der Waals surface area contributed by atoms with Crippen molar-refractivity contribution in [3.05, 3.63) is 28.3 Å². The Morgan fingerprint density at radius 3 is 2.00 bits per heavy atom. The minimum Gasteiger partial charge on any atom is -0.353 e. The molecule has 1 aromatic carbocycles. The summed E-state index contributed by atoms with van der Waals surface area (Å²) in [5.74, 6) is -0.287. The van der Waals surface area contributed by atoms with Crippen LogP contribution in [0.25, 0.3) is 0 Å². The van der Waals surface area contributed by atoms with Gasteiger partial charge in [-0.05, 0) is 63.8 Å². The van der Waals surface area contributed by atoms with Gasteiger partial charge in [0.05, 0.1) is 11.4 Å². The number of nitrogens with zero attached hydrogens (tertiary/aromatic N) is 1. The molecule has 0 saturated heterocycles. The Bertz CT molecular complexity index is 668. The second kappa shape index (κ2) is 7.45. The van der Waals surface area contributed by atoms with E-state index in [1.54, 1.807) is 6.92 Å². The van der Waals surface area contributed by atoms with Crippen LogP contribution in [-0.4, -0.2) is 37.8 Å². The van der Waals surface area contributed by atoms with E-state index in [2.05, 4.69) is 5.32 Å². The molecule has 0 saturated carbocycles. The van der Waals surface area contributed by atoms with Crippen molar-refractivity contribution in [1.29, 1.82) is 0 Å². The average molecular weight is 340 g/mol. The normalized spacial score (nSPS) is 12.0. The number of carbonyl (C=O) groups excluding carboxylic acids is 1. The third-order valence-corrected chi connectivity index (χ3v) is 6.21. The number of carbonyl (C=O) groups is 1. The van der Waals surface area contributed by atoms with Crippen molar-refractivity contribution in [1.82, 2.24) is 9.62 Å². The van der Waals surface area contributed by atoms with Gasteiger partial charge in [-0.25, -0.2) is 8.42 Å². The molecular formula is C17H28N2O3S. The third kappa shape index (κ3) is 4.32. The molecule has 0 fully saturated rings. The summed E-state index contributed by atoms with van der Waals surface area (Å²) in [7, 11) is -3.72. The maximum atomic E-state index is 13.1. The van der Waals surface area contributed by atoms with Crippen molar-refractivity contribution in [3.63, 3.8) is 0 Å². The first kappa shape index (κ1) is 19.6. The van der Waals surface area contributed by atoms with Crippen LogP contribution in [0.2, 0.25) is 0 Å². The maximum absolute atomic E-state index is 13.1. The van der Waals surface area contributed by atoms with E-state index in [1.165, 1.54) is 4.31 Å². The van der Waals surface area contributed by atoms with Crippen LogP contribution in [0.15, 0.2) is 11.0 Å². The van der Waals surface area contributed by atoms with E-state index in [1.807, 2.05) is 47.6 Å². The highest BCUT2D eigenvalue weighted by atomic mass is 32.2. The number of benzene rings is 1. The highest BCUT2D eigenvalue weighted by Gasteiger charge is 2.29. The Kier molecular flexibility index (Phi) is 6.36. The van der Waals surface area contributed by atoms with Gasteiger partial charge >= 0.3 is 0 Å². The number of hydrogen-bond acceptors (Lipinski definition) is 3.